The second-order valence-corrected chi connectivity index (χ2v) is 7.78. The Hall–Kier alpha value is -3.28. The van der Waals surface area contributed by atoms with Crippen molar-refractivity contribution in [3.05, 3.63) is 88.2 Å². The fourth-order valence-electron chi connectivity index (χ4n) is 4.46. The minimum Gasteiger partial charge on any atom is -0.486 e. The summed E-state index contributed by atoms with van der Waals surface area (Å²) in [6.45, 7) is 2.20. The Morgan fingerprint density at radius 1 is 1.00 bits per heavy atom. The van der Waals surface area contributed by atoms with Crippen molar-refractivity contribution in [1.82, 2.24) is 9.47 Å². The van der Waals surface area contributed by atoms with Gasteiger partial charge < -0.3 is 18.6 Å². The van der Waals surface area contributed by atoms with Crippen LogP contribution in [0, 0.1) is 5.92 Å². The second kappa shape index (κ2) is 7.28. The van der Waals surface area contributed by atoms with Gasteiger partial charge in [0.15, 0.2) is 5.76 Å². The third kappa shape index (κ3) is 3.46. The fraction of sp³-hybridized carbons (Fsp3) is 0.304. The van der Waals surface area contributed by atoms with Gasteiger partial charge >= 0.3 is 0 Å². The number of rotatable bonds is 4. The van der Waals surface area contributed by atoms with E-state index in [4.69, 9.17) is 9.15 Å². The van der Waals surface area contributed by atoms with Crippen LogP contribution >= 0.6 is 0 Å². The Labute approximate surface area is 168 Å². The van der Waals surface area contributed by atoms with Crippen molar-refractivity contribution >= 4 is 5.91 Å². The number of fused-ring (bicyclic) bond motifs is 4. The Morgan fingerprint density at radius 3 is 2.72 bits per heavy atom. The molecular weight excluding hydrogens is 368 g/mol. The maximum atomic E-state index is 13.0. The van der Waals surface area contributed by atoms with Crippen molar-refractivity contribution in [2.75, 3.05) is 13.1 Å². The highest BCUT2D eigenvalue weighted by Crippen LogP contribution is 2.35. The molecule has 2 aromatic heterocycles. The molecule has 1 amide bonds. The van der Waals surface area contributed by atoms with Crippen LogP contribution in [0.1, 0.15) is 34.3 Å². The highest BCUT2D eigenvalue weighted by Gasteiger charge is 2.37. The van der Waals surface area contributed by atoms with E-state index in [0.29, 0.717) is 37.1 Å². The summed E-state index contributed by atoms with van der Waals surface area (Å²) in [5.41, 5.74) is 1.08. The van der Waals surface area contributed by atoms with Crippen LogP contribution in [0.15, 0.2) is 69.9 Å². The maximum absolute atomic E-state index is 13.0. The molecule has 6 nitrogen and oxygen atoms in total. The van der Waals surface area contributed by atoms with Crippen molar-refractivity contribution in [1.29, 1.82) is 0 Å². The van der Waals surface area contributed by atoms with E-state index in [2.05, 4.69) is 0 Å². The molecule has 5 rings (SSSR count). The van der Waals surface area contributed by atoms with Gasteiger partial charge in [0.25, 0.3) is 11.5 Å². The third-order valence-corrected chi connectivity index (χ3v) is 5.76. The molecular formula is C23H22N2O4. The molecule has 0 N–H and O–H groups in total. The molecule has 2 aliphatic heterocycles. The van der Waals surface area contributed by atoms with Crippen molar-refractivity contribution in [2.24, 2.45) is 5.92 Å². The first-order chi connectivity index (χ1) is 14.2. The molecule has 0 spiro atoms. The molecule has 1 fully saturated rings. The van der Waals surface area contributed by atoms with E-state index in [1.54, 1.807) is 24.3 Å². The van der Waals surface area contributed by atoms with Crippen LogP contribution in [0.25, 0.3) is 0 Å². The van der Waals surface area contributed by atoms with Gasteiger partial charge in [0.05, 0.1) is 0 Å². The molecule has 29 heavy (non-hydrogen) atoms. The predicted octanol–water partition coefficient (Wildman–Crippen LogP) is 3.28. The molecule has 0 saturated carbocycles. The predicted molar refractivity (Wildman–Crippen MR) is 107 cm³/mol. The van der Waals surface area contributed by atoms with Crippen molar-refractivity contribution in [3.8, 4) is 5.75 Å². The van der Waals surface area contributed by atoms with E-state index < -0.39 is 0 Å². The summed E-state index contributed by atoms with van der Waals surface area (Å²) >= 11 is 0. The highest BCUT2D eigenvalue weighted by atomic mass is 16.5. The van der Waals surface area contributed by atoms with Crippen LogP contribution in [0.2, 0.25) is 0 Å². The number of hydrogen-bond acceptors (Lipinski definition) is 4. The van der Waals surface area contributed by atoms with E-state index in [9.17, 15) is 9.59 Å². The summed E-state index contributed by atoms with van der Waals surface area (Å²) in [5, 5.41) is 0. The SMILES string of the molecule is O=C(c1ccc(COc2ccccc2)o1)N1CC2CC(C1)c1cccc(=O)n1C2. The number of piperidine rings is 1. The van der Waals surface area contributed by atoms with E-state index in [0.717, 1.165) is 17.9 Å². The molecule has 2 bridgehead atoms. The van der Waals surface area contributed by atoms with E-state index in [1.165, 1.54) is 0 Å². The van der Waals surface area contributed by atoms with Gasteiger partial charge in [0, 0.05) is 37.3 Å². The van der Waals surface area contributed by atoms with Crippen LogP contribution in [-0.2, 0) is 13.2 Å². The summed E-state index contributed by atoms with van der Waals surface area (Å²) in [4.78, 5) is 27.0. The topological polar surface area (TPSA) is 64.7 Å². The minimum absolute atomic E-state index is 0.0473. The van der Waals surface area contributed by atoms with Crippen LogP contribution < -0.4 is 10.3 Å². The number of amides is 1. The molecule has 1 aromatic carbocycles. The van der Waals surface area contributed by atoms with Gasteiger partial charge in [-0.1, -0.05) is 24.3 Å². The number of para-hydroxylation sites is 1. The molecule has 2 unspecified atom stereocenters. The summed E-state index contributed by atoms with van der Waals surface area (Å²) < 4.78 is 13.3. The van der Waals surface area contributed by atoms with Gasteiger partial charge in [0.2, 0.25) is 0 Å². The van der Waals surface area contributed by atoms with Gasteiger partial charge in [-0.25, -0.2) is 0 Å². The Kier molecular flexibility index (Phi) is 4.46. The van der Waals surface area contributed by atoms with Crippen molar-refractivity contribution in [3.63, 3.8) is 0 Å². The lowest BCUT2D eigenvalue weighted by molar-refractivity contribution is 0.0560. The zero-order valence-corrected chi connectivity index (χ0v) is 16.0. The Morgan fingerprint density at radius 2 is 1.86 bits per heavy atom. The number of benzene rings is 1. The lowest BCUT2D eigenvalue weighted by Gasteiger charge is -2.42. The minimum atomic E-state index is -0.0996. The van der Waals surface area contributed by atoms with E-state index in [1.807, 2.05) is 45.9 Å². The van der Waals surface area contributed by atoms with Crippen LogP contribution in [0.4, 0.5) is 0 Å². The maximum Gasteiger partial charge on any atom is 0.289 e. The van der Waals surface area contributed by atoms with E-state index >= 15 is 0 Å². The molecule has 4 heterocycles. The number of nitrogens with zero attached hydrogens (tertiary/aromatic N) is 2. The fourth-order valence-corrected chi connectivity index (χ4v) is 4.46. The van der Waals surface area contributed by atoms with Gasteiger partial charge in [-0.2, -0.15) is 0 Å². The molecule has 148 valence electrons. The first-order valence-corrected chi connectivity index (χ1v) is 9.93. The normalized spacial score (nSPS) is 20.2. The molecule has 1 saturated heterocycles. The zero-order valence-electron chi connectivity index (χ0n) is 16.0. The van der Waals surface area contributed by atoms with Crippen LogP contribution in [0.5, 0.6) is 5.75 Å². The summed E-state index contributed by atoms with van der Waals surface area (Å²) in [5.74, 6) is 2.10. The van der Waals surface area contributed by atoms with Gasteiger partial charge in [-0.05, 0) is 42.7 Å². The first kappa shape index (κ1) is 17.8. The summed E-state index contributed by atoms with van der Waals surface area (Å²) in [6.07, 6.45) is 1.02. The average Bonchev–Trinajstić information content (AvgIpc) is 3.22. The number of aromatic nitrogens is 1. The molecule has 0 aliphatic carbocycles. The molecule has 3 aromatic rings. The standard InChI is InChI=1S/C23H22N2O4/c26-22-8-4-7-20-17-11-16(13-25(20)22)12-24(14-17)23(27)21-10-9-19(29-21)15-28-18-5-2-1-3-6-18/h1-10,16-17H,11-15H2. The third-order valence-electron chi connectivity index (χ3n) is 5.76. The highest BCUT2D eigenvalue weighted by molar-refractivity contribution is 5.91. The zero-order chi connectivity index (χ0) is 19.8. The first-order valence-electron chi connectivity index (χ1n) is 9.93. The number of likely N-dealkylation sites (tertiary alicyclic amines) is 1. The smallest absolute Gasteiger partial charge is 0.289 e. The number of ether oxygens (including phenoxy) is 1. The average molecular weight is 390 g/mol. The number of furan rings is 1. The van der Waals surface area contributed by atoms with Crippen LogP contribution in [-0.4, -0.2) is 28.5 Å². The molecule has 6 heteroatoms. The van der Waals surface area contributed by atoms with Crippen LogP contribution in [0.3, 0.4) is 0 Å². The van der Waals surface area contributed by atoms with Gasteiger partial charge in [0.1, 0.15) is 18.1 Å². The number of carbonyl (C=O) groups excluding carboxylic acids is 1. The Bertz CT molecular complexity index is 1090. The summed E-state index contributed by atoms with van der Waals surface area (Å²) in [7, 11) is 0. The van der Waals surface area contributed by atoms with E-state index in [-0.39, 0.29) is 24.0 Å². The van der Waals surface area contributed by atoms with Gasteiger partial charge in [-0.3, -0.25) is 9.59 Å². The number of carbonyl (C=O) groups is 1. The lowest BCUT2D eigenvalue weighted by atomic mass is 9.83. The monoisotopic (exact) mass is 390 g/mol. The quantitative estimate of drug-likeness (QED) is 0.686. The van der Waals surface area contributed by atoms with Crippen molar-refractivity contribution < 1.29 is 13.9 Å². The Balaban J connectivity index is 1.28. The summed E-state index contributed by atoms with van der Waals surface area (Å²) in [6, 6.07) is 18.4. The lowest BCUT2D eigenvalue weighted by Crippen LogP contribution is -2.49. The molecule has 0 radical (unpaired) electrons. The second-order valence-electron chi connectivity index (χ2n) is 7.78. The van der Waals surface area contributed by atoms with Gasteiger partial charge in [-0.15, -0.1) is 0 Å². The molecule has 2 aliphatic rings. The van der Waals surface area contributed by atoms with Crippen molar-refractivity contribution in [2.45, 2.75) is 25.5 Å². The number of pyridine rings is 1. The number of hydrogen-bond donors (Lipinski definition) is 0. The largest absolute Gasteiger partial charge is 0.486 e. The molecule has 2 atom stereocenters.